The van der Waals surface area contributed by atoms with Crippen LogP contribution in [0.15, 0.2) is 24.5 Å². The lowest BCUT2D eigenvalue weighted by Crippen LogP contribution is -2.35. The Morgan fingerprint density at radius 3 is 2.81 bits per heavy atom. The number of fused-ring (bicyclic) bond motifs is 3. The maximum Gasteiger partial charge on any atom is 0.223 e. The molecule has 0 radical (unpaired) electrons. The molecule has 170 valence electrons. The molecule has 0 saturated carbocycles. The van der Waals surface area contributed by atoms with Crippen LogP contribution in [-0.4, -0.2) is 47.8 Å². The third kappa shape index (κ3) is 5.16. The van der Waals surface area contributed by atoms with E-state index in [-0.39, 0.29) is 17.6 Å². The molecule has 2 aromatic heterocycles. The van der Waals surface area contributed by atoms with Gasteiger partial charge in [0.25, 0.3) is 0 Å². The highest BCUT2D eigenvalue weighted by Crippen LogP contribution is 2.36. The van der Waals surface area contributed by atoms with Gasteiger partial charge in [-0.1, -0.05) is 23.2 Å². The summed E-state index contributed by atoms with van der Waals surface area (Å²) in [5.74, 6) is 0.429. The number of aromatic nitrogens is 3. The van der Waals surface area contributed by atoms with E-state index in [0.29, 0.717) is 47.3 Å². The molecule has 1 amide bonds. The molecule has 0 saturated heterocycles. The maximum absolute atomic E-state index is 12.7. The summed E-state index contributed by atoms with van der Waals surface area (Å²) in [6, 6.07) is 5.25. The van der Waals surface area contributed by atoms with Crippen molar-refractivity contribution >= 4 is 61.5 Å². The highest BCUT2D eigenvalue weighted by Gasteiger charge is 2.29. The molecular weight excluding hydrogens is 473 g/mol. The zero-order chi connectivity index (χ0) is 22.9. The number of sulfone groups is 1. The fourth-order valence-corrected chi connectivity index (χ4v) is 4.93. The second kappa shape index (κ2) is 9.25. The van der Waals surface area contributed by atoms with Crippen LogP contribution in [0, 0.1) is 5.92 Å². The van der Waals surface area contributed by atoms with Crippen molar-refractivity contribution in [2.75, 3.05) is 23.9 Å². The second-order valence-electron chi connectivity index (χ2n) is 8.00. The average molecular weight is 496 g/mol. The SMILES string of the molecule is CS(=O)(=O)CCCNC(=O)[C@H]1CCc2[nH]c3ncnc(Nc4ccc(Cl)c(Cl)c4)c3c2C1. The molecule has 8 nitrogen and oxygen atoms in total. The molecule has 0 aliphatic heterocycles. The van der Waals surface area contributed by atoms with Gasteiger partial charge in [0.15, 0.2) is 0 Å². The normalized spacial score (nSPS) is 16.0. The molecule has 1 atom stereocenters. The van der Waals surface area contributed by atoms with Crippen molar-refractivity contribution < 1.29 is 13.2 Å². The number of anilines is 2. The van der Waals surface area contributed by atoms with Gasteiger partial charge < -0.3 is 15.6 Å². The number of benzene rings is 1. The molecule has 1 aliphatic rings. The summed E-state index contributed by atoms with van der Waals surface area (Å²) in [6.07, 6.45) is 5.06. The van der Waals surface area contributed by atoms with Crippen molar-refractivity contribution in [3.05, 3.63) is 45.8 Å². The molecule has 32 heavy (non-hydrogen) atoms. The molecule has 1 aromatic carbocycles. The molecule has 4 rings (SSSR count). The van der Waals surface area contributed by atoms with E-state index in [2.05, 4.69) is 25.6 Å². The molecular formula is C21H23Cl2N5O3S. The van der Waals surface area contributed by atoms with Crippen LogP contribution in [0.1, 0.15) is 24.1 Å². The van der Waals surface area contributed by atoms with Crippen LogP contribution in [0.3, 0.4) is 0 Å². The van der Waals surface area contributed by atoms with Crippen LogP contribution >= 0.6 is 23.2 Å². The standard InChI is InChI=1S/C21H23Cl2N5O3S/c1-32(30,31)8-2-7-24-21(29)12-3-6-17-14(9-12)18-19(25-11-26-20(18)28-17)27-13-4-5-15(22)16(23)10-13/h4-5,10-12H,2-3,6-9H2,1H3,(H,24,29)(H2,25,26,27,28)/t12-/m0/s1. The molecule has 1 aliphatic carbocycles. The lowest BCUT2D eigenvalue weighted by atomic mass is 9.86. The van der Waals surface area contributed by atoms with Crippen LogP contribution in [0.25, 0.3) is 11.0 Å². The summed E-state index contributed by atoms with van der Waals surface area (Å²) >= 11 is 12.1. The Bertz CT molecular complexity index is 1280. The Balaban J connectivity index is 1.53. The summed E-state index contributed by atoms with van der Waals surface area (Å²) in [6.45, 7) is 0.344. The summed E-state index contributed by atoms with van der Waals surface area (Å²) < 4.78 is 22.5. The fraction of sp³-hybridized carbons (Fsp3) is 0.381. The first-order valence-corrected chi connectivity index (χ1v) is 13.0. The minimum absolute atomic E-state index is 0.0608. The van der Waals surface area contributed by atoms with Gasteiger partial charge in [-0.25, -0.2) is 18.4 Å². The van der Waals surface area contributed by atoms with Crippen LogP contribution < -0.4 is 10.6 Å². The van der Waals surface area contributed by atoms with Crippen LogP contribution in [0.5, 0.6) is 0 Å². The quantitative estimate of drug-likeness (QED) is 0.430. The first-order chi connectivity index (χ1) is 15.2. The summed E-state index contributed by atoms with van der Waals surface area (Å²) in [5.41, 5.74) is 3.52. The Hall–Kier alpha value is -2.36. The number of rotatable bonds is 7. The number of amides is 1. The van der Waals surface area contributed by atoms with Gasteiger partial charge in [0, 0.05) is 30.1 Å². The average Bonchev–Trinajstić information content (AvgIpc) is 3.12. The van der Waals surface area contributed by atoms with Crippen molar-refractivity contribution in [1.29, 1.82) is 0 Å². The summed E-state index contributed by atoms with van der Waals surface area (Å²) in [5, 5.41) is 7.91. The lowest BCUT2D eigenvalue weighted by Gasteiger charge is -2.22. The number of carbonyl (C=O) groups is 1. The number of nitrogens with one attached hydrogen (secondary N) is 3. The molecule has 3 aromatic rings. The fourth-order valence-electron chi connectivity index (χ4n) is 3.96. The van der Waals surface area contributed by atoms with Crippen LogP contribution in [-0.2, 0) is 27.5 Å². The number of aryl methyl sites for hydroxylation is 1. The van der Waals surface area contributed by atoms with Crippen molar-refractivity contribution in [2.45, 2.75) is 25.7 Å². The number of H-pyrrole nitrogens is 1. The topological polar surface area (TPSA) is 117 Å². The minimum atomic E-state index is -3.03. The number of aromatic amines is 1. The Morgan fingerprint density at radius 1 is 1.25 bits per heavy atom. The van der Waals surface area contributed by atoms with E-state index in [0.717, 1.165) is 28.8 Å². The van der Waals surface area contributed by atoms with E-state index in [1.54, 1.807) is 12.1 Å². The molecule has 0 spiro atoms. The highest BCUT2D eigenvalue weighted by molar-refractivity contribution is 7.90. The Kier molecular flexibility index (Phi) is 6.60. The number of hydrogen-bond donors (Lipinski definition) is 3. The van der Waals surface area contributed by atoms with E-state index < -0.39 is 9.84 Å². The molecule has 0 fully saturated rings. The van der Waals surface area contributed by atoms with Crippen molar-refractivity contribution in [3.63, 3.8) is 0 Å². The largest absolute Gasteiger partial charge is 0.356 e. The maximum atomic E-state index is 12.7. The Labute approximate surface area is 196 Å². The third-order valence-electron chi connectivity index (χ3n) is 5.52. The number of halogens is 2. The van der Waals surface area contributed by atoms with Crippen LogP contribution in [0.2, 0.25) is 10.0 Å². The molecule has 0 bridgehead atoms. The highest BCUT2D eigenvalue weighted by atomic mass is 35.5. The van der Waals surface area contributed by atoms with E-state index in [1.165, 1.54) is 12.6 Å². The summed E-state index contributed by atoms with van der Waals surface area (Å²) in [4.78, 5) is 24.8. The van der Waals surface area contributed by atoms with Gasteiger partial charge in [0.2, 0.25) is 5.91 Å². The van der Waals surface area contributed by atoms with E-state index in [1.807, 2.05) is 6.07 Å². The smallest absolute Gasteiger partial charge is 0.223 e. The van der Waals surface area contributed by atoms with Gasteiger partial charge in [0.05, 0.1) is 21.2 Å². The molecule has 2 heterocycles. The molecule has 3 N–H and O–H groups in total. The van der Waals surface area contributed by atoms with Gasteiger partial charge in [-0.05, 0) is 49.4 Å². The number of carbonyl (C=O) groups excluding carboxylic acids is 1. The zero-order valence-electron chi connectivity index (χ0n) is 17.4. The zero-order valence-corrected chi connectivity index (χ0v) is 19.7. The predicted octanol–water partition coefficient (Wildman–Crippen LogP) is 3.66. The predicted molar refractivity (Wildman–Crippen MR) is 126 cm³/mol. The first-order valence-electron chi connectivity index (χ1n) is 10.2. The molecule has 0 unspecified atom stereocenters. The van der Waals surface area contributed by atoms with Gasteiger partial charge in [0.1, 0.15) is 27.6 Å². The van der Waals surface area contributed by atoms with Crippen molar-refractivity contribution in [2.24, 2.45) is 5.92 Å². The minimum Gasteiger partial charge on any atom is -0.356 e. The monoisotopic (exact) mass is 495 g/mol. The van der Waals surface area contributed by atoms with Gasteiger partial charge in [-0.3, -0.25) is 4.79 Å². The van der Waals surface area contributed by atoms with Crippen LogP contribution in [0.4, 0.5) is 11.5 Å². The van der Waals surface area contributed by atoms with Crippen molar-refractivity contribution in [1.82, 2.24) is 20.3 Å². The van der Waals surface area contributed by atoms with Gasteiger partial charge >= 0.3 is 0 Å². The Morgan fingerprint density at radius 2 is 2.06 bits per heavy atom. The number of hydrogen-bond acceptors (Lipinski definition) is 6. The first kappa shape index (κ1) is 22.8. The van der Waals surface area contributed by atoms with E-state index >= 15 is 0 Å². The van der Waals surface area contributed by atoms with Gasteiger partial charge in [-0.15, -0.1) is 0 Å². The van der Waals surface area contributed by atoms with Crippen molar-refractivity contribution in [3.8, 4) is 0 Å². The lowest BCUT2D eigenvalue weighted by molar-refractivity contribution is -0.125. The third-order valence-corrected chi connectivity index (χ3v) is 7.29. The van der Waals surface area contributed by atoms with E-state index in [9.17, 15) is 13.2 Å². The van der Waals surface area contributed by atoms with Gasteiger partial charge in [-0.2, -0.15) is 0 Å². The molecule has 11 heteroatoms. The summed E-state index contributed by atoms with van der Waals surface area (Å²) in [7, 11) is -3.03. The number of nitrogens with zero attached hydrogens (tertiary/aromatic N) is 2. The van der Waals surface area contributed by atoms with E-state index in [4.69, 9.17) is 23.2 Å². The second-order valence-corrected chi connectivity index (χ2v) is 11.1.